The van der Waals surface area contributed by atoms with E-state index in [0.717, 1.165) is 17.1 Å². The predicted octanol–water partition coefficient (Wildman–Crippen LogP) is 0.977. The molecule has 8 nitrogen and oxygen atoms in total. The summed E-state index contributed by atoms with van der Waals surface area (Å²) in [5, 5.41) is 22.0. The summed E-state index contributed by atoms with van der Waals surface area (Å²) in [6.07, 6.45) is 7.12. The molecule has 2 aromatic rings. The van der Waals surface area contributed by atoms with Gasteiger partial charge in [0, 0.05) is 17.8 Å². The maximum absolute atomic E-state index is 11.6. The summed E-state index contributed by atoms with van der Waals surface area (Å²) in [6.45, 7) is 3.52. The van der Waals surface area contributed by atoms with Gasteiger partial charge in [0.15, 0.2) is 0 Å². The van der Waals surface area contributed by atoms with Gasteiger partial charge in [-0.25, -0.2) is 0 Å². The minimum Gasteiger partial charge on any atom is -0.480 e. The van der Waals surface area contributed by atoms with Gasteiger partial charge in [-0.15, -0.1) is 10.2 Å². The van der Waals surface area contributed by atoms with Crippen molar-refractivity contribution in [2.75, 3.05) is 0 Å². The number of aliphatic carboxylic acids is 1. The van der Waals surface area contributed by atoms with E-state index in [4.69, 9.17) is 0 Å². The second-order valence-corrected chi connectivity index (χ2v) is 6.44. The second-order valence-electron chi connectivity index (χ2n) is 6.44. The summed E-state index contributed by atoms with van der Waals surface area (Å²) in [4.78, 5) is 13.6. The fraction of sp³-hybridized carbons (Fsp3) is 0.600. The van der Waals surface area contributed by atoms with Crippen molar-refractivity contribution in [3.63, 3.8) is 0 Å². The molecule has 1 saturated carbocycles. The molecule has 0 bridgehead atoms. The molecule has 1 fully saturated rings. The van der Waals surface area contributed by atoms with Gasteiger partial charge in [-0.2, -0.15) is 5.10 Å². The van der Waals surface area contributed by atoms with Crippen molar-refractivity contribution in [3.05, 3.63) is 29.6 Å². The lowest BCUT2D eigenvalue weighted by Gasteiger charge is -2.33. The van der Waals surface area contributed by atoms with Crippen LogP contribution in [0.15, 0.2) is 12.5 Å². The van der Waals surface area contributed by atoms with Gasteiger partial charge in [-0.1, -0.05) is 0 Å². The van der Waals surface area contributed by atoms with E-state index < -0.39 is 12.0 Å². The molecule has 8 heteroatoms. The Kier molecular flexibility index (Phi) is 3.41. The van der Waals surface area contributed by atoms with Gasteiger partial charge >= 0.3 is 5.97 Å². The molecule has 0 saturated heterocycles. The van der Waals surface area contributed by atoms with E-state index in [1.54, 1.807) is 6.33 Å². The fourth-order valence-corrected chi connectivity index (χ4v) is 3.38. The van der Waals surface area contributed by atoms with Gasteiger partial charge in [0.05, 0.1) is 25.3 Å². The fourth-order valence-electron chi connectivity index (χ4n) is 3.38. The number of nitrogens with zero attached hydrogens (tertiary/aromatic N) is 6. The average molecular weight is 316 g/mol. The number of aromatic nitrogens is 5. The third-order valence-electron chi connectivity index (χ3n) is 5.08. The first-order chi connectivity index (χ1) is 11.1. The molecule has 2 aromatic heterocycles. The topological polar surface area (TPSA) is 89.1 Å². The minimum atomic E-state index is -0.812. The van der Waals surface area contributed by atoms with E-state index in [1.807, 2.05) is 15.7 Å². The number of carboxylic acids is 1. The number of hydrogen-bond acceptors (Lipinski definition) is 5. The van der Waals surface area contributed by atoms with E-state index in [2.05, 4.69) is 26.9 Å². The summed E-state index contributed by atoms with van der Waals surface area (Å²) >= 11 is 0. The van der Waals surface area contributed by atoms with Crippen molar-refractivity contribution in [2.24, 2.45) is 0 Å². The SMILES string of the molecule is Cc1c(CN2Cc3nncn3CC2C(=O)O)cnn1C1CCC1. The number of carbonyl (C=O) groups is 1. The van der Waals surface area contributed by atoms with Crippen LogP contribution in [0.4, 0.5) is 0 Å². The summed E-state index contributed by atoms with van der Waals surface area (Å²) in [7, 11) is 0. The highest BCUT2D eigenvalue weighted by atomic mass is 16.4. The second kappa shape index (κ2) is 5.45. The molecule has 0 spiro atoms. The zero-order valence-electron chi connectivity index (χ0n) is 13.1. The van der Waals surface area contributed by atoms with Crippen molar-refractivity contribution in [1.82, 2.24) is 29.4 Å². The van der Waals surface area contributed by atoms with Crippen LogP contribution in [-0.4, -0.2) is 46.6 Å². The van der Waals surface area contributed by atoms with Gasteiger partial charge < -0.3 is 9.67 Å². The van der Waals surface area contributed by atoms with Crippen LogP contribution in [0.2, 0.25) is 0 Å². The maximum Gasteiger partial charge on any atom is 0.322 e. The maximum atomic E-state index is 11.6. The molecular formula is C15H20N6O2. The largest absolute Gasteiger partial charge is 0.480 e. The summed E-state index contributed by atoms with van der Waals surface area (Å²) < 4.78 is 3.92. The molecule has 1 aliphatic carbocycles. The Hall–Kier alpha value is -2.22. The van der Waals surface area contributed by atoms with Crippen LogP contribution in [0.25, 0.3) is 0 Å². The zero-order chi connectivity index (χ0) is 16.0. The van der Waals surface area contributed by atoms with E-state index >= 15 is 0 Å². The Balaban J connectivity index is 1.57. The number of hydrogen-bond donors (Lipinski definition) is 1. The lowest BCUT2D eigenvalue weighted by Crippen LogP contribution is -2.47. The van der Waals surface area contributed by atoms with Crippen molar-refractivity contribution in [2.45, 2.75) is 57.9 Å². The van der Waals surface area contributed by atoms with E-state index in [9.17, 15) is 9.90 Å². The van der Waals surface area contributed by atoms with Gasteiger partial charge in [0.2, 0.25) is 0 Å². The first-order valence-electron chi connectivity index (χ1n) is 8.00. The van der Waals surface area contributed by atoms with Crippen LogP contribution in [0.1, 0.15) is 42.4 Å². The molecule has 1 N–H and O–H groups in total. The summed E-state index contributed by atoms with van der Waals surface area (Å²) in [5.74, 6) is -0.0000689. The lowest BCUT2D eigenvalue weighted by atomic mass is 9.93. The van der Waals surface area contributed by atoms with Crippen molar-refractivity contribution in [3.8, 4) is 0 Å². The first-order valence-corrected chi connectivity index (χ1v) is 8.00. The Bertz CT molecular complexity index is 732. The average Bonchev–Trinajstić information content (AvgIpc) is 3.05. The van der Waals surface area contributed by atoms with Crippen LogP contribution in [-0.2, 0) is 24.4 Å². The van der Waals surface area contributed by atoms with Crippen molar-refractivity contribution in [1.29, 1.82) is 0 Å². The standard InChI is InChI=1S/C15H20N6O2/c1-10-11(5-17-21(10)12-3-2-4-12)6-19-8-14-18-16-9-20(14)7-13(19)15(22)23/h5,9,12-13H,2-4,6-8H2,1H3,(H,22,23). The van der Waals surface area contributed by atoms with Gasteiger partial charge in [-0.3, -0.25) is 14.4 Å². The zero-order valence-corrected chi connectivity index (χ0v) is 13.1. The van der Waals surface area contributed by atoms with Gasteiger partial charge in [0.1, 0.15) is 18.2 Å². The highest BCUT2D eigenvalue weighted by Gasteiger charge is 2.33. The van der Waals surface area contributed by atoms with Crippen LogP contribution in [0.3, 0.4) is 0 Å². The monoisotopic (exact) mass is 316 g/mol. The Morgan fingerprint density at radius 1 is 1.43 bits per heavy atom. The van der Waals surface area contributed by atoms with Crippen LogP contribution in [0.5, 0.6) is 0 Å². The number of carboxylic acid groups (broad SMARTS) is 1. The third-order valence-corrected chi connectivity index (χ3v) is 5.08. The Labute approximate surface area is 133 Å². The van der Waals surface area contributed by atoms with Crippen LogP contribution >= 0.6 is 0 Å². The molecule has 3 heterocycles. The quantitative estimate of drug-likeness (QED) is 0.904. The molecule has 0 aromatic carbocycles. The Morgan fingerprint density at radius 2 is 2.26 bits per heavy atom. The van der Waals surface area contributed by atoms with Gasteiger partial charge in [-0.05, 0) is 26.2 Å². The number of fused-ring (bicyclic) bond motifs is 1. The summed E-state index contributed by atoms with van der Waals surface area (Å²) in [5.41, 5.74) is 2.24. The smallest absolute Gasteiger partial charge is 0.322 e. The normalized spacial score (nSPS) is 21.9. The molecule has 4 rings (SSSR count). The first kappa shape index (κ1) is 14.4. The minimum absolute atomic E-state index is 0.382. The van der Waals surface area contributed by atoms with E-state index in [0.29, 0.717) is 25.7 Å². The van der Waals surface area contributed by atoms with Crippen molar-refractivity contribution >= 4 is 5.97 Å². The van der Waals surface area contributed by atoms with Gasteiger partial charge in [0.25, 0.3) is 0 Å². The molecule has 23 heavy (non-hydrogen) atoms. The third kappa shape index (κ3) is 2.42. The molecule has 122 valence electrons. The van der Waals surface area contributed by atoms with E-state index in [1.165, 1.54) is 19.3 Å². The molecule has 1 aliphatic heterocycles. The summed E-state index contributed by atoms with van der Waals surface area (Å²) in [6, 6.07) is -0.0478. The Morgan fingerprint density at radius 3 is 2.96 bits per heavy atom. The predicted molar refractivity (Wildman–Crippen MR) is 80.5 cm³/mol. The van der Waals surface area contributed by atoms with Crippen molar-refractivity contribution < 1.29 is 9.90 Å². The highest BCUT2D eigenvalue weighted by molar-refractivity contribution is 5.73. The molecule has 1 unspecified atom stereocenters. The molecule has 2 aliphatic rings. The van der Waals surface area contributed by atoms with E-state index in [-0.39, 0.29) is 0 Å². The molecule has 1 atom stereocenters. The molecule has 0 radical (unpaired) electrons. The lowest BCUT2D eigenvalue weighted by molar-refractivity contribution is -0.145. The van der Waals surface area contributed by atoms with Crippen LogP contribution < -0.4 is 0 Å². The van der Waals surface area contributed by atoms with Crippen LogP contribution in [0, 0.1) is 6.92 Å². The molecule has 0 amide bonds. The highest BCUT2D eigenvalue weighted by Crippen LogP contribution is 2.32. The molecular weight excluding hydrogens is 296 g/mol. The number of rotatable bonds is 4.